The van der Waals surface area contributed by atoms with E-state index in [1.54, 1.807) is 28.7 Å². The van der Waals surface area contributed by atoms with Crippen molar-refractivity contribution in [3.8, 4) is 0 Å². The molecule has 0 aromatic carbocycles. The quantitative estimate of drug-likeness (QED) is 0.771. The third-order valence-electron chi connectivity index (χ3n) is 4.34. The van der Waals surface area contributed by atoms with Crippen LogP contribution in [0.5, 0.6) is 0 Å². The molecule has 1 fully saturated rings. The van der Waals surface area contributed by atoms with Crippen molar-refractivity contribution in [2.75, 3.05) is 19.6 Å². The molecule has 1 aliphatic rings. The maximum Gasteiger partial charge on any atom is 0.246 e. The molecule has 0 saturated carbocycles. The molecule has 0 bridgehead atoms. The lowest BCUT2D eigenvalue weighted by molar-refractivity contribution is -0.127. The highest BCUT2D eigenvalue weighted by atomic mass is 32.1. The number of hydrogen-bond acceptors (Lipinski definition) is 5. The number of thiazole rings is 1. The zero-order valence-electron chi connectivity index (χ0n) is 14.8. The van der Waals surface area contributed by atoms with Gasteiger partial charge < -0.3 is 10.2 Å². The van der Waals surface area contributed by atoms with Crippen molar-refractivity contribution in [3.63, 3.8) is 0 Å². The van der Waals surface area contributed by atoms with Crippen molar-refractivity contribution in [1.82, 2.24) is 15.2 Å². The first-order valence-electron chi connectivity index (χ1n) is 8.81. The fraction of sp³-hybridized carbons (Fsp3) is 0.421. The van der Waals surface area contributed by atoms with Crippen LogP contribution in [0, 0.1) is 0 Å². The van der Waals surface area contributed by atoms with Gasteiger partial charge in [-0.3, -0.25) is 9.59 Å². The fourth-order valence-corrected chi connectivity index (χ4v) is 4.62. The molecule has 1 unspecified atom stereocenters. The molecule has 2 aromatic rings. The first-order chi connectivity index (χ1) is 12.6. The van der Waals surface area contributed by atoms with E-state index in [0.717, 1.165) is 47.9 Å². The molecule has 138 valence electrons. The largest absolute Gasteiger partial charge is 0.356 e. The third-order valence-corrected chi connectivity index (χ3v) is 6.23. The Hall–Kier alpha value is -1.99. The Morgan fingerprint density at radius 1 is 1.42 bits per heavy atom. The predicted octanol–water partition coefficient (Wildman–Crippen LogP) is 3.30. The zero-order valence-corrected chi connectivity index (χ0v) is 16.4. The molecular formula is C19H23N3O2S2. The molecule has 1 saturated heterocycles. The minimum atomic E-state index is -0.0162. The number of aromatic nitrogens is 1. The van der Waals surface area contributed by atoms with Crippen molar-refractivity contribution >= 4 is 40.6 Å². The van der Waals surface area contributed by atoms with E-state index < -0.39 is 0 Å². The molecule has 5 nitrogen and oxygen atoms in total. The van der Waals surface area contributed by atoms with Gasteiger partial charge >= 0.3 is 0 Å². The first-order valence-corrected chi connectivity index (χ1v) is 10.6. The van der Waals surface area contributed by atoms with Gasteiger partial charge in [0.25, 0.3) is 0 Å². The molecule has 2 amide bonds. The molecule has 1 aliphatic heterocycles. The topological polar surface area (TPSA) is 62.3 Å². The van der Waals surface area contributed by atoms with Crippen molar-refractivity contribution in [2.45, 2.75) is 32.1 Å². The Morgan fingerprint density at radius 3 is 3.08 bits per heavy atom. The number of amides is 2. The van der Waals surface area contributed by atoms with Crippen LogP contribution < -0.4 is 5.32 Å². The summed E-state index contributed by atoms with van der Waals surface area (Å²) in [5.41, 5.74) is 1.01. The summed E-state index contributed by atoms with van der Waals surface area (Å²) in [6, 6.07) is 3.99. The van der Waals surface area contributed by atoms with Gasteiger partial charge in [-0.15, -0.1) is 22.7 Å². The summed E-state index contributed by atoms with van der Waals surface area (Å²) in [7, 11) is 0. The van der Waals surface area contributed by atoms with Gasteiger partial charge in [0.1, 0.15) is 0 Å². The molecular weight excluding hydrogens is 366 g/mol. The van der Waals surface area contributed by atoms with Crippen molar-refractivity contribution in [1.29, 1.82) is 0 Å². The molecule has 7 heteroatoms. The molecule has 26 heavy (non-hydrogen) atoms. The Kier molecular flexibility index (Phi) is 6.57. The SMILES string of the molecule is CC(=O)NCCc1csc(C2CCCN(C(=O)/C=C/c3cccs3)C2)n1. The number of piperidine rings is 1. The normalized spacial score (nSPS) is 17.6. The molecule has 0 aliphatic carbocycles. The van der Waals surface area contributed by atoms with E-state index in [2.05, 4.69) is 10.7 Å². The van der Waals surface area contributed by atoms with Crippen molar-refractivity contribution < 1.29 is 9.59 Å². The van der Waals surface area contributed by atoms with Gasteiger partial charge in [-0.2, -0.15) is 0 Å². The van der Waals surface area contributed by atoms with Crippen LogP contribution in [0.4, 0.5) is 0 Å². The van der Waals surface area contributed by atoms with Gasteiger partial charge in [0.15, 0.2) is 0 Å². The van der Waals surface area contributed by atoms with Gasteiger partial charge in [-0.05, 0) is 30.4 Å². The lowest BCUT2D eigenvalue weighted by Gasteiger charge is -2.31. The second kappa shape index (κ2) is 9.09. The average Bonchev–Trinajstić information content (AvgIpc) is 3.31. The number of nitrogens with one attached hydrogen (secondary N) is 1. The van der Waals surface area contributed by atoms with E-state index in [0.29, 0.717) is 12.5 Å². The van der Waals surface area contributed by atoms with Crippen LogP contribution in [0.1, 0.15) is 41.3 Å². The fourth-order valence-electron chi connectivity index (χ4n) is 3.02. The Morgan fingerprint density at radius 2 is 2.31 bits per heavy atom. The summed E-state index contributed by atoms with van der Waals surface area (Å²) in [5, 5.41) is 7.97. The Bertz CT molecular complexity index is 768. The molecule has 0 radical (unpaired) electrons. The number of nitrogens with zero attached hydrogens (tertiary/aromatic N) is 2. The maximum atomic E-state index is 12.5. The highest BCUT2D eigenvalue weighted by Crippen LogP contribution is 2.29. The van der Waals surface area contributed by atoms with Gasteiger partial charge in [0.05, 0.1) is 10.7 Å². The summed E-state index contributed by atoms with van der Waals surface area (Å²) in [6.07, 6.45) is 6.38. The van der Waals surface area contributed by atoms with Crippen LogP contribution in [-0.4, -0.2) is 41.3 Å². The zero-order chi connectivity index (χ0) is 18.4. The van der Waals surface area contributed by atoms with Crippen molar-refractivity contribution in [3.05, 3.63) is 44.5 Å². The number of hydrogen-bond donors (Lipinski definition) is 1. The minimum Gasteiger partial charge on any atom is -0.356 e. The standard InChI is InChI=1S/C19H23N3O2S2/c1-14(23)20-9-8-16-13-26-19(21-16)15-4-2-10-22(12-15)18(24)7-6-17-5-3-11-25-17/h3,5-7,11,13,15H,2,4,8-10,12H2,1H3,(H,20,23)/b7-6+. The maximum absolute atomic E-state index is 12.5. The van der Waals surface area contributed by atoms with E-state index in [-0.39, 0.29) is 11.8 Å². The second-order valence-electron chi connectivity index (χ2n) is 6.38. The Labute approximate surface area is 161 Å². The summed E-state index contributed by atoms with van der Waals surface area (Å²) in [4.78, 5) is 31.2. The lowest BCUT2D eigenvalue weighted by atomic mass is 9.98. The van der Waals surface area contributed by atoms with E-state index in [1.807, 2.05) is 28.5 Å². The second-order valence-corrected chi connectivity index (χ2v) is 8.25. The van der Waals surface area contributed by atoms with Gasteiger partial charge in [-0.25, -0.2) is 4.98 Å². The van der Waals surface area contributed by atoms with E-state index in [4.69, 9.17) is 4.98 Å². The summed E-state index contributed by atoms with van der Waals surface area (Å²) >= 11 is 3.29. The van der Waals surface area contributed by atoms with Crippen LogP contribution in [0.25, 0.3) is 6.08 Å². The number of carbonyl (C=O) groups is 2. The smallest absolute Gasteiger partial charge is 0.246 e. The summed E-state index contributed by atoms with van der Waals surface area (Å²) < 4.78 is 0. The third kappa shape index (κ3) is 5.25. The first kappa shape index (κ1) is 18.8. The van der Waals surface area contributed by atoms with E-state index >= 15 is 0 Å². The minimum absolute atomic E-state index is 0.0162. The Balaban J connectivity index is 1.55. The highest BCUT2D eigenvalue weighted by molar-refractivity contribution is 7.10. The molecule has 3 heterocycles. The van der Waals surface area contributed by atoms with Crippen molar-refractivity contribution in [2.24, 2.45) is 0 Å². The average molecular weight is 390 g/mol. The summed E-state index contributed by atoms with van der Waals surface area (Å²) in [6.45, 7) is 3.67. The van der Waals surface area contributed by atoms with Crippen LogP contribution in [0.15, 0.2) is 29.0 Å². The number of rotatable bonds is 6. The molecule has 1 N–H and O–H groups in total. The van der Waals surface area contributed by atoms with E-state index in [9.17, 15) is 9.59 Å². The van der Waals surface area contributed by atoms with Crippen LogP contribution >= 0.6 is 22.7 Å². The molecule has 1 atom stereocenters. The number of carbonyl (C=O) groups excluding carboxylic acids is 2. The van der Waals surface area contributed by atoms with E-state index in [1.165, 1.54) is 6.92 Å². The molecule has 2 aromatic heterocycles. The number of likely N-dealkylation sites (tertiary alicyclic amines) is 1. The predicted molar refractivity (Wildman–Crippen MR) is 106 cm³/mol. The van der Waals surface area contributed by atoms with Gasteiger partial charge in [-0.1, -0.05) is 6.07 Å². The van der Waals surface area contributed by atoms with Gasteiger partial charge in [0, 0.05) is 55.2 Å². The number of thiophene rings is 1. The lowest BCUT2D eigenvalue weighted by Crippen LogP contribution is -2.38. The molecule has 0 spiro atoms. The van der Waals surface area contributed by atoms with Crippen LogP contribution in [0.2, 0.25) is 0 Å². The van der Waals surface area contributed by atoms with Crippen LogP contribution in [-0.2, 0) is 16.0 Å². The molecule has 3 rings (SSSR count). The van der Waals surface area contributed by atoms with Gasteiger partial charge in [0.2, 0.25) is 11.8 Å². The summed E-state index contributed by atoms with van der Waals surface area (Å²) in [5.74, 6) is 0.366. The van der Waals surface area contributed by atoms with Crippen LogP contribution in [0.3, 0.4) is 0 Å². The highest BCUT2D eigenvalue weighted by Gasteiger charge is 2.25. The monoisotopic (exact) mass is 389 g/mol.